The van der Waals surface area contributed by atoms with Gasteiger partial charge in [0.15, 0.2) is 5.79 Å². The molecule has 0 unspecified atom stereocenters. The van der Waals surface area contributed by atoms with Crippen LogP contribution < -0.4 is 4.90 Å². The van der Waals surface area contributed by atoms with Gasteiger partial charge in [-0.1, -0.05) is 0 Å². The summed E-state index contributed by atoms with van der Waals surface area (Å²) in [6.07, 6.45) is 1.71. The molecule has 0 saturated carbocycles. The maximum Gasteiger partial charge on any atom is 0.333 e. The molecule has 2 aliphatic rings. The summed E-state index contributed by atoms with van der Waals surface area (Å²) < 4.78 is 13.2. The number of ether oxygens (including phenoxy) is 2. The third-order valence-corrected chi connectivity index (χ3v) is 4.08. The zero-order valence-corrected chi connectivity index (χ0v) is 12.4. The third-order valence-electron chi connectivity index (χ3n) is 4.08. The molecule has 116 valence electrons. The van der Waals surface area contributed by atoms with Gasteiger partial charge >= 0.3 is 5.69 Å². The fourth-order valence-corrected chi connectivity index (χ4v) is 3.21. The normalized spacial score (nSPS) is 21.1. The highest BCUT2D eigenvalue weighted by Gasteiger charge is 2.43. The summed E-state index contributed by atoms with van der Waals surface area (Å²) in [7, 11) is 0. The van der Waals surface area contributed by atoms with Crippen molar-refractivity contribution in [3.05, 3.63) is 15.8 Å². The number of aryl methyl sites for hydroxylation is 2. The summed E-state index contributed by atoms with van der Waals surface area (Å²) in [5.41, 5.74) is 0.539. The molecule has 8 heteroatoms. The quantitative estimate of drug-likeness (QED) is 0.620. The van der Waals surface area contributed by atoms with E-state index in [0.29, 0.717) is 37.8 Å². The number of nitro groups is 1. The third kappa shape index (κ3) is 2.38. The van der Waals surface area contributed by atoms with Crippen molar-refractivity contribution >= 4 is 11.5 Å². The van der Waals surface area contributed by atoms with E-state index in [9.17, 15) is 10.1 Å². The van der Waals surface area contributed by atoms with Gasteiger partial charge in [-0.25, -0.2) is 4.68 Å². The molecule has 0 amide bonds. The molecule has 8 nitrogen and oxygen atoms in total. The Morgan fingerprint density at radius 2 is 2.14 bits per heavy atom. The summed E-state index contributed by atoms with van der Waals surface area (Å²) in [6, 6.07) is 0. The lowest BCUT2D eigenvalue weighted by Crippen LogP contribution is -2.49. The minimum Gasteiger partial charge on any atom is -0.346 e. The maximum atomic E-state index is 11.4. The van der Waals surface area contributed by atoms with Crippen molar-refractivity contribution in [2.45, 2.75) is 39.0 Å². The van der Waals surface area contributed by atoms with E-state index in [0.717, 1.165) is 19.4 Å². The van der Waals surface area contributed by atoms with Gasteiger partial charge in [-0.05, 0) is 20.3 Å². The average molecular weight is 296 g/mol. The van der Waals surface area contributed by atoms with Gasteiger partial charge in [0.25, 0.3) is 0 Å². The second-order valence-corrected chi connectivity index (χ2v) is 5.46. The van der Waals surface area contributed by atoms with E-state index >= 15 is 0 Å². The Kier molecular flexibility index (Phi) is 3.58. The van der Waals surface area contributed by atoms with E-state index in [1.54, 1.807) is 11.6 Å². The Morgan fingerprint density at radius 3 is 2.76 bits per heavy atom. The highest BCUT2D eigenvalue weighted by Crippen LogP contribution is 2.37. The predicted molar refractivity (Wildman–Crippen MR) is 75.4 cm³/mol. The average Bonchev–Trinajstić information content (AvgIpc) is 3.03. The van der Waals surface area contributed by atoms with Gasteiger partial charge in [0.2, 0.25) is 5.82 Å². The van der Waals surface area contributed by atoms with Crippen LogP contribution in [0.4, 0.5) is 11.5 Å². The van der Waals surface area contributed by atoms with E-state index in [-0.39, 0.29) is 10.6 Å². The summed E-state index contributed by atoms with van der Waals surface area (Å²) in [6.45, 7) is 6.64. The standard InChI is InChI=1S/C13H20N4O4/c1-3-16-12(11(17(18)19)10(2)14-16)15-6-4-5-13(9-15)20-7-8-21-13/h3-9H2,1-2H3. The van der Waals surface area contributed by atoms with Gasteiger partial charge in [-0.3, -0.25) is 10.1 Å². The molecule has 1 spiro atoms. The molecule has 3 rings (SSSR count). The SMILES string of the molecule is CCn1nc(C)c([N+](=O)[O-])c1N1CCCC2(C1)OCCO2. The predicted octanol–water partition coefficient (Wildman–Crippen LogP) is 1.46. The minimum absolute atomic E-state index is 0.0897. The Morgan fingerprint density at radius 1 is 1.43 bits per heavy atom. The first-order chi connectivity index (χ1) is 10.1. The highest BCUT2D eigenvalue weighted by molar-refractivity contribution is 5.61. The fraction of sp³-hybridized carbons (Fsp3) is 0.769. The van der Waals surface area contributed by atoms with Crippen molar-refractivity contribution < 1.29 is 14.4 Å². The van der Waals surface area contributed by atoms with Crippen LogP contribution in [0.15, 0.2) is 0 Å². The number of nitrogens with zero attached hydrogens (tertiary/aromatic N) is 4. The van der Waals surface area contributed by atoms with Crippen LogP contribution in [-0.4, -0.2) is 46.8 Å². The van der Waals surface area contributed by atoms with Crippen molar-refractivity contribution in [1.29, 1.82) is 0 Å². The summed E-state index contributed by atoms with van der Waals surface area (Å²) >= 11 is 0. The Balaban J connectivity index is 1.97. The molecule has 21 heavy (non-hydrogen) atoms. The molecule has 2 fully saturated rings. The van der Waals surface area contributed by atoms with Crippen molar-refractivity contribution in [2.75, 3.05) is 31.2 Å². The molecule has 0 bridgehead atoms. The number of aromatic nitrogens is 2. The lowest BCUT2D eigenvalue weighted by atomic mass is 10.0. The molecule has 1 aromatic rings. The van der Waals surface area contributed by atoms with Gasteiger partial charge in [-0.15, -0.1) is 0 Å². The Bertz CT molecular complexity index is 551. The van der Waals surface area contributed by atoms with Crippen LogP contribution in [0.25, 0.3) is 0 Å². The van der Waals surface area contributed by atoms with Crippen molar-refractivity contribution in [3.8, 4) is 0 Å². The molecule has 0 aliphatic carbocycles. The smallest absolute Gasteiger partial charge is 0.333 e. The topological polar surface area (TPSA) is 82.7 Å². The fourth-order valence-electron chi connectivity index (χ4n) is 3.21. The van der Waals surface area contributed by atoms with Crippen LogP contribution in [0.3, 0.4) is 0 Å². The molecule has 0 aromatic carbocycles. The number of rotatable bonds is 3. The number of hydrogen-bond acceptors (Lipinski definition) is 6. The Labute approximate surface area is 122 Å². The van der Waals surface area contributed by atoms with Crippen LogP contribution >= 0.6 is 0 Å². The first kappa shape index (κ1) is 14.3. The largest absolute Gasteiger partial charge is 0.346 e. The molecule has 0 radical (unpaired) electrons. The molecule has 2 aliphatic heterocycles. The van der Waals surface area contributed by atoms with E-state index in [4.69, 9.17) is 9.47 Å². The molecule has 0 N–H and O–H groups in total. The molecule has 1 aromatic heterocycles. The van der Waals surface area contributed by atoms with Gasteiger partial charge in [0.1, 0.15) is 5.69 Å². The Hall–Kier alpha value is -1.67. The number of anilines is 1. The van der Waals surface area contributed by atoms with Gasteiger partial charge in [-0.2, -0.15) is 5.10 Å². The maximum absolute atomic E-state index is 11.4. The summed E-state index contributed by atoms with van der Waals surface area (Å²) in [4.78, 5) is 13.0. The van der Waals surface area contributed by atoms with Gasteiger partial charge < -0.3 is 14.4 Å². The van der Waals surface area contributed by atoms with E-state index in [1.165, 1.54) is 0 Å². The minimum atomic E-state index is -0.608. The highest BCUT2D eigenvalue weighted by atomic mass is 16.7. The summed E-state index contributed by atoms with van der Waals surface area (Å²) in [5, 5.41) is 15.7. The second kappa shape index (κ2) is 5.27. The van der Waals surface area contributed by atoms with Crippen molar-refractivity contribution in [3.63, 3.8) is 0 Å². The first-order valence-electron chi connectivity index (χ1n) is 7.31. The van der Waals surface area contributed by atoms with Crippen LogP contribution in [0.5, 0.6) is 0 Å². The molecular formula is C13H20N4O4. The first-order valence-corrected chi connectivity index (χ1v) is 7.31. The zero-order valence-electron chi connectivity index (χ0n) is 12.4. The lowest BCUT2D eigenvalue weighted by Gasteiger charge is -2.39. The summed E-state index contributed by atoms with van der Waals surface area (Å²) in [5.74, 6) is -0.0405. The van der Waals surface area contributed by atoms with Crippen molar-refractivity contribution in [2.24, 2.45) is 0 Å². The number of piperidine rings is 1. The van der Waals surface area contributed by atoms with E-state index < -0.39 is 5.79 Å². The van der Waals surface area contributed by atoms with E-state index in [1.807, 2.05) is 11.8 Å². The monoisotopic (exact) mass is 296 g/mol. The molecule has 2 saturated heterocycles. The second-order valence-electron chi connectivity index (χ2n) is 5.46. The van der Waals surface area contributed by atoms with Crippen molar-refractivity contribution in [1.82, 2.24) is 9.78 Å². The van der Waals surface area contributed by atoms with E-state index in [2.05, 4.69) is 5.10 Å². The zero-order chi connectivity index (χ0) is 15.0. The number of hydrogen-bond donors (Lipinski definition) is 0. The van der Waals surface area contributed by atoms with Crippen LogP contribution in [0.1, 0.15) is 25.5 Å². The van der Waals surface area contributed by atoms with Gasteiger partial charge in [0, 0.05) is 19.5 Å². The lowest BCUT2D eigenvalue weighted by molar-refractivity contribution is -0.384. The molecular weight excluding hydrogens is 276 g/mol. The molecule has 0 atom stereocenters. The van der Waals surface area contributed by atoms with Crippen LogP contribution in [0.2, 0.25) is 0 Å². The molecule has 3 heterocycles. The van der Waals surface area contributed by atoms with Crippen LogP contribution in [0, 0.1) is 17.0 Å². The van der Waals surface area contributed by atoms with Crippen LogP contribution in [-0.2, 0) is 16.0 Å². The van der Waals surface area contributed by atoms with Gasteiger partial charge in [0.05, 0.1) is 24.7 Å².